The summed E-state index contributed by atoms with van der Waals surface area (Å²) in [4.78, 5) is 9.32. The van der Waals surface area contributed by atoms with E-state index in [0.717, 1.165) is 65.0 Å². The summed E-state index contributed by atoms with van der Waals surface area (Å²) in [5, 5.41) is 12.7. The van der Waals surface area contributed by atoms with Crippen LogP contribution < -0.4 is 35.1 Å². The normalized spacial score (nSPS) is 15.2. The molecule has 0 bridgehead atoms. The molecule has 6 rings (SSSR count). The van der Waals surface area contributed by atoms with Crippen molar-refractivity contribution in [3.63, 3.8) is 0 Å². The molecule has 0 saturated heterocycles. The van der Waals surface area contributed by atoms with Crippen LogP contribution in [0.25, 0.3) is 0 Å². The number of rotatable bonds is 10. The highest BCUT2D eigenvalue weighted by atomic mass is 16.5. The Morgan fingerprint density at radius 3 is 1.51 bits per heavy atom. The number of fused-ring (bicyclic) bond motifs is 2. The summed E-state index contributed by atoms with van der Waals surface area (Å²) in [6.07, 6.45) is 3.29. The Labute approximate surface area is 250 Å². The predicted molar refractivity (Wildman–Crippen MR) is 168 cm³/mol. The van der Waals surface area contributed by atoms with Gasteiger partial charge in [-0.2, -0.15) is 20.2 Å². The van der Waals surface area contributed by atoms with Gasteiger partial charge in [-0.15, -0.1) is 0 Å². The van der Waals surface area contributed by atoms with Gasteiger partial charge in [-0.25, -0.2) is 0 Å². The summed E-state index contributed by atoms with van der Waals surface area (Å²) in [6.45, 7) is 0. The summed E-state index contributed by atoms with van der Waals surface area (Å²) in [7, 11) is 6.54. The third-order valence-electron chi connectivity index (χ3n) is 7.47. The molecule has 11 heteroatoms. The molecule has 0 unspecified atom stereocenters. The average molecular weight is 580 g/mol. The fraction of sp³-hybridized carbons (Fsp3) is 0.250. The van der Waals surface area contributed by atoms with Crippen LogP contribution in [0.4, 0.5) is 23.3 Å². The van der Waals surface area contributed by atoms with E-state index in [-0.39, 0.29) is 0 Å². The number of aryl methyl sites for hydroxylation is 2. The average Bonchev–Trinajstić information content (AvgIpc) is 3.64. The fourth-order valence-electron chi connectivity index (χ4n) is 5.32. The molecule has 11 nitrogen and oxygen atoms in total. The fourth-order valence-corrected chi connectivity index (χ4v) is 5.32. The number of aromatic nitrogens is 2. The number of anilines is 4. The molecule has 3 aromatic carbocycles. The minimum Gasteiger partial charge on any atom is -0.493 e. The Kier molecular flexibility index (Phi) is 7.94. The van der Waals surface area contributed by atoms with Crippen molar-refractivity contribution < 1.29 is 18.9 Å². The van der Waals surface area contributed by atoms with Crippen LogP contribution in [0, 0.1) is 0 Å². The molecule has 0 spiro atoms. The van der Waals surface area contributed by atoms with E-state index in [1.807, 2.05) is 54.6 Å². The number of benzene rings is 3. The van der Waals surface area contributed by atoms with E-state index in [1.54, 1.807) is 34.5 Å². The topological polar surface area (TPSA) is 124 Å². The first-order valence-electron chi connectivity index (χ1n) is 13.9. The Morgan fingerprint density at radius 1 is 0.581 bits per heavy atom. The van der Waals surface area contributed by atoms with Crippen LogP contribution in [-0.4, -0.2) is 49.8 Å². The van der Waals surface area contributed by atoms with Crippen LogP contribution in [0.3, 0.4) is 0 Å². The monoisotopic (exact) mass is 579 g/mol. The van der Waals surface area contributed by atoms with E-state index in [0.29, 0.717) is 40.6 Å². The maximum absolute atomic E-state index is 5.51. The molecule has 0 saturated carbocycles. The minimum atomic E-state index is 0.399. The van der Waals surface area contributed by atoms with E-state index >= 15 is 0 Å². The second kappa shape index (κ2) is 12.3. The van der Waals surface area contributed by atoms with Crippen LogP contribution in [0.1, 0.15) is 35.1 Å². The van der Waals surface area contributed by atoms with E-state index < -0.39 is 0 Å². The molecule has 3 N–H and O–H groups in total. The zero-order valence-corrected chi connectivity index (χ0v) is 24.5. The lowest BCUT2D eigenvalue weighted by Gasteiger charge is -2.12. The van der Waals surface area contributed by atoms with Gasteiger partial charge >= 0.3 is 0 Å². The SMILES string of the molecule is COc1cc2c(cc1OC)C(=NNc1cc(NN=C3CCc4cc(OC)c(OC)cc43)nc(Nc3ccccc3)n1)CC2. The number of ether oxygens (including phenoxy) is 4. The largest absolute Gasteiger partial charge is 0.493 e. The van der Waals surface area contributed by atoms with Gasteiger partial charge in [0.1, 0.15) is 0 Å². The maximum Gasteiger partial charge on any atom is 0.231 e. The van der Waals surface area contributed by atoms with Crippen molar-refractivity contribution in [1.82, 2.24) is 9.97 Å². The smallest absolute Gasteiger partial charge is 0.231 e. The molecule has 1 heterocycles. The quantitative estimate of drug-likeness (QED) is 0.201. The lowest BCUT2D eigenvalue weighted by Crippen LogP contribution is -2.07. The number of hydrogen-bond acceptors (Lipinski definition) is 11. The molecule has 0 amide bonds. The molecular weight excluding hydrogens is 546 g/mol. The van der Waals surface area contributed by atoms with Crippen LogP contribution in [-0.2, 0) is 12.8 Å². The molecular formula is C32H33N7O4. The third-order valence-corrected chi connectivity index (χ3v) is 7.47. The second-order valence-electron chi connectivity index (χ2n) is 10.0. The molecule has 0 fully saturated rings. The highest BCUT2D eigenvalue weighted by Gasteiger charge is 2.23. The predicted octanol–water partition coefficient (Wildman–Crippen LogP) is 5.78. The summed E-state index contributed by atoms with van der Waals surface area (Å²) < 4.78 is 22.0. The Morgan fingerprint density at radius 2 is 1.05 bits per heavy atom. The zero-order chi connectivity index (χ0) is 29.8. The number of nitrogens with one attached hydrogen (secondary N) is 3. The summed E-state index contributed by atoms with van der Waals surface area (Å²) >= 11 is 0. The van der Waals surface area contributed by atoms with Crippen LogP contribution in [0.2, 0.25) is 0 Å². The van der Waals surface area contributed by atoms with E-state index in [4.69, 9.17) is 29.2 Å². The van der Waals surface area contributed by atoms with Crippen molar-refractivity contribution >= 4 is 34.7 Å². The number of nitrogens with zero attached hydrogens (tertiary/aromatic N) is 4. The molecule has 0 atom stereocenters. The van der Waals surface area contributed by atoms with E-state index in [1.165, 1.54) is 0 Å². The second-order valence-corrected chi connectivity index (χ2v) is 10.0. The number of methoxy groups -OCH3 is 4. The van der Waals surface area contributed by atoms with Crippen molar-refractivity contribution in [2.24, 2.45) is 10.2 Å². The first-order valence-corrected chi connectivity index (χ1v) is 13.9. The third kappa shape index (κ3) is 5.87. The van der Waals surface area contributed by atoms with E-state index in [2.05, 4.69) is 26.1 Å². The molecule has 0 radical (unpaired) electrons. The molecule has 0 aliphatic heterocycles. The van der Waals surface area contributed by atoms with Crippen molar-refractivity contribution in [3.05, 3.63) is 82.9 Å². The number of para-hydroxylation sites is 1. The van der Waals surface area contributed by atoms with Crippen LogP contribution >= 0.6 is 0 Å². The number of hydrazone groups is 2. The van der Waals surface area contributed by atoms with Crippen LogP contribution in [0.15, 0.2) is 70.9 Å². The van der Waals surface area contributed by atoms with Gasteiger partial charge in [-0.05, 0) is 73.2 Å². The van der Waals surface area contributed by atoms with Gasteiger partial charge in [0.2, 0.25) is 5.95 Å². The molecule has 2 aliphatic carbocycles. The van der Waals surface area contributed by atoms with Gasteiger partial charge in [-0.3, -0.25) is 10.9 Å². The van der Waals surface area contributed by atoms with Gasteiger partial charge in [-0.1, -0.05) is 18.2 Å². The highest BCUT2D eigenvalue weighted by molar-refractivity contribution is 6.06. The molecule has 43 heavy (non-hydrogen) atoms. The van der Waals surface area contributed by atoms with Crippen molar-refractivity contribution in [3.8, 4) is 23.0 Å². The first kappa shape index (κ1) is 27.8. The molecule has 4 aromatic rings. The summed E-state index contributed by atoms with van der Waals surface area (Å²) in [6, 6.07) is 19.5. The van der Waals surface area contributed by atoms with Crippen molar-refractivity contribution in [2.75, 3.05) is 44.6 Å². The van der Waals surface area contributed by atoms with Crippen molar-refractivity contribution in [1.29, 1.82) is 0 Å². The van der Waals surface area contributed by atoms with Crippen LogP contribution in [0.5, 0.6) is 23.0 Å². The van der Waals surface area contributed by atoms with Gasteiger partial charge < -0.3 is 24.3 Å². The van der Waals surface area contributed by atoms with Crippen molar-refractivity contribution in [2.45, 2.75) is 25.7 Å². The lowest BCUT2D eigenvalue weighted by atomic mass is 10.1. The van der Waals surface area contributed by atoms with Gasteiger partial charge in [0, 0.05) is 22.9 Å². The van der Waals surface area contributed by atoms with Gasteiger partial charge in [0.05, 0.1) is 39.9 Å². The maximum atomic E-state index is 5.51. The standard InChI is InChI=1S/C32H33N7O4/c1-40-26-14-19-10-12-24(22(19)16-28(26)42-3)36-38-30-18-31(35-32(34-30)33-21-8-6-5-7-9-21)39-37-25-13-11-20-15-27(41-2)29(43-4)17-23(20)25/h5-9,14-18H,10-13H2,1-4H3,(H3,33,34,35,38,39). The summed E-state index contributed by atoms with van der Waals surface area (Å²) in [5.41, 5.74) is 13.3. The lowest BCUT2D eigenvalue weighted by molar-refractivity contribution is 0.354. The van der Waals surface area contributed by atoms with E-state index in [9.17, 15) is 0 Å². The molecule has 2 aliphatic rings. The minimum absolute atomic E-state index is 0.399. The summed E-state index contributed by atoms with van der Waals surface area (Å²) in [5.74, 6) is 4.18. The highest BCUT2D eigenvalue weighted by Crippen LogP contribution is 2.36. The Hall–Kier alpha value is -5.32. The van der Waals surface area contributed by atoms with Gasteiger partial charge in [0.15, 0.2) is 34.6 Å². The zero-order valence-electron chi connectivity index (χ0n) is 24.5. The molecule has 1 aromatic heterocycles. The number of hydrogen-bond donors (Lipinski definition) is 3. The van der Waals surface area contributed by atoms with Gasteiger partial charge in [0.25, 0.3) is 0 Å². The Balaban J connectivity index is 1.29. The first-order chi connectivity index (χ1) is 21.1. The molecule has 220 valence electrons. The Bertz CT molecular complexity index is 1600.